The predicted octanol–water partition coefficient (Wildman–Crippen LogP) is 5.02. The number of piperidine rings is 2. The highest BCUT2D eigenvalue weighted by molar-refractivity contribution is 6.23. The van der Waals surface area contributed by atoms with Gasteiger partial charge in [-0.15, -0.1) is 4.98 Å². The van der Waals surface area contributed by atoms with Crippen LogP contribution >= 0.6 is 0 Å². The topological polar surface area (TPSA) is 143 Å². The van der Waals surface area contributed by atoms with E-state index in [1.807, 2.05) is 31.3 Å². The monoisotopic (exact) mass is 797 g/mol. The molecule has 4 saturated heterocycles. The van der Waals surface area contributed by atoms with E-state index in [1.165, 1.54) is 0 Å². The Morgan fingerprint density at radius 2 is 1.51 bits per heavy atom. The Hall–Kier alpha value is -5.81. The van der Waals surface area contributed by atoms with Gasteiger partial charge in [-0.05, 0) is 118 Å². The lowest BCUT2D eigenvalue weighted by Gasteiger charge is -2.43. The smallest absolute Gasteiger partial charge is 0.272 e. The quantitative estimate of drug-likeness (QED) is 0.247. The third kappa shape index (κ3) is 7.52. The molecule has 1 aromatic heterocycles. The molecule has 9 rings (SSSR count). The van der Waals surface area contributed by atoms with Gasteiger partial charge in [-0.25, -0.2) is 0 Å². The summed E-state index contributed by atoms with van der Waals surface area (Å²) >= 11 is 0. The number of rotatable bonds is 7. The third-order valence-corrected chi connectivity index (χ3v) is 13.9. The number of fused-ring (bicyclic) bond motifs is 1. The third-order valence-electron chi connectivity index (χ3n) is 13.9. The summed E-state index contributed by atoms with van der Waals surface area (Å²) in [5.74, 6) is -1.39. The molecule has 1 aliphatic carbocycles. The van der Waals surface area contributed by atoms with E-state index in [0.29, 0.717) is 17.4 Å². The van der Waals surface area contributed by atoms with Gasteiger partial charge in [0.15, 0.2) is 0 Å². The Labute approximate surface area is 344 Å². The second kappa shape index (κ2) is 15.7. The second-order valence-corrected chi connectivity index (χ2v) is 17.3. The molecule has 5 amide bonds. The summed E-state index contributed by atoms with van der Waals surface area (Å²) in [6.45, 7) is 16.5. The Kier molecular flexibility index (Phi) is 10.3. The van der Waals surface area contributed by atoms with Crippen molar-refractivity contribution >= 4 is 52.4 Å². The number of hydrogen-bond acceptors (Lipinski definition) is 10. The van der Waals surface area contributed by atoms with Gasteiger partial charge in [0.2, 0.25) is 11.8 Å². The number of nitrogens with one attached hydrogen (secondary N) is 2. The minimum atomic E-state index is -0.971. The van der Waals surface area contributed by atoms with Crippen molar-refractivity contribution in [2.45, 2.75) is 82.8 Å². The molecule has 3 aromatic rings. The van der Waals surface area contributed by atoms with Crippen molar-refractivity contribution in [3.05, 3.63) is 88.4 Å². The highest BCUT2D eigenvalue weighted by atomic mass is 16.2. The molecule has 1 spiro atoms. The normalized spacial score (nSPS) is 24.6. The Balaban J connectivity index is 0.717. The number of likely N-dealkylation sites (tertiary alicyclic amines) is 1. The Morgan fingerprint density at radius 1 is 0.814 bits per heavy atom. The van der Waals surface area contributed by atoms with Crippen molar-refractivity contribution in [1.82, 2.24) is 25.0 Å². The molecule has 14 heteroatoms. The van der Waals surface area contributed by atoms with Crippen LogP contribution in [0.3, 0.4) is 0 Å². The fourth-order valence-electron chi connectivity index (χ4n) is 10.3. The average molecular weight is 798 g/mol. The highest BCUT2D eigenvalue weighted by Crippen LogP contribution is 2.42. The molecular formula is C45H51N9O5. The number of carbonyl (C=O) groups excluding carboxylic acids is 5. The van der Waals surface area contributed by atoms with Crippen LogP contribution in [0.2, 0.25) is 0 Å². The molecule has 14 nitrogen and oxygen atoms in total. The molecule has 0 bridgehead atoms. The van der Waals surface area contributed by atoms with Crippen molar-refractivity contribution in [3.8, 4) is 0 Å². The van der Waals surface area contributed by atoms with Gasteiger partial charge in [-0.2, -0.15) is 0 Å². The number of imide groups is 2. The van der Waals surface area contributed by atoms with E-state index in [-0.39, 0.29) is 41.7 Å². The zero-order chi connectivity index (χ0) is 40.8. The maximum atomic E-state index is 13.7. The summed E-state index contributed by atoms with van der Waals surface area (Å²) in [5.41, 5.74) is 5.43. The second-order valence-electron chi connectivity index (χ2n) is 17.3. The van der Waals surface area contributed by atoms with Gasteiger partial charge < -0.3 is 24.9 Å². The van der Waals surface area contributed by atoms with Crippen LogP contribution < -0.4 is 20.4 Å². The molecule has 59 heavy (non-hydrogen) atoms. The van der Waals surface area contributed by atoms with E-state index < -0.39 is 23.8 Å². The summed E-state index contributed by atoms with van der Waals surface area (Å²) < 4.78 is 0. The number of amides is 5. The molecule has 306 valence electrons. The number of benzene rings is 2. The van der Waals surface area contributed by atoms with Crippen molar-refractivity contribution in [2.75, 3.05) is 67.5 Å². The number of aryl methyl sites for hydroxylation is 1. The van der Waals surface area contributed by atoms with E-state index in [0.717, 1.165) is 130 Å². The minimum absolute atomic E-state index is 0.0938. The van der Waals surface area contributed by atoms with Gasteiger partial charge >= 0.3 is 0 Å². The number of carbonyl (C=O) groups is 5. The first-order valence-corrected chi connectivity index (χ1v) is 21.2. The van der Waals surface area contributed by atoms with Crippen LogP contribution in [-0.2, 0) is 9.59 Å². The molecular weight excluding hydrogens is 747 g/mol. The summed E-state index contributed by atoms with van der Waals surface area (Å²) in [6, 6.07) is 15.3. The lowest BCUT2D eigenvalue weighted by Crippen LogP contribution is -2.54. The van der Waals surface area contributed by atoms with Crippen LogP contribution in [0.15, 0.2) is 54.7 Å². The molecule has 2 aromatic carbocycles. The van der Waals surface area contributed by atoms with Crippen LogP contribution in [0.25, 0.3) is 4.85 Å². The number of nitrogens with zero attached hydrogens (tertiary/aromatic N) is 7. The Morgan fingerprint density at radius 3 is 2.20 bits per heavy atom. The van der Waals surface area contributed by atoms with Crippen molar-refractivity contribution in [3.63, 3.8) is 0 Å². The van der Waals surface area contributed by atoms with Crippen molar-refractivity contribution in [1.29, 1.82) is 0 Å². The van der Waals surface area contributed by atoms with Crippen LogP contribution in [-0.4, -0.2) is 120 Å². The van der Waals surface area contributed by atoms with Crippen molar-refractivity contribution in [2.24, 2.45) is 5.41 Å². The predicted molar refractivity (Wildman–Crippen MR) is 223 cm³/mol. The number of aromatic nitrogens is 1. The minimum Gasteiger partial charge on any atom is -0.382 e. The first-order chi connectivity index (χ1) is 28.6. The fraction of sp³-hybridized carbons (Fsp3) is 0.489. The molecule has 1 saturated carbocycles. The molecule has 0 radical (unpaired) electrons. The lowest BCUT2D eigenvalue weighted by atomic mass is 9.77. The van der Waals surface area contributed by atoms with E-state index in [9.17, 15) is 24.0 Å². The largest absolute Gasteiger partial charge is 0.382 e. The van der Waals surface area contributed by atoms with Crippen LogP contribution in [0.4, 0.5) is 22.9 Å². The van der Waals surface area contributed by atoms with Gasteiger partial charge in [0, 0.05) is 87.8 Å². The summed E-state index contributed by atoms with van der Waals surface area (Å²) in [6.07, 6.45) is 9.32. The van der Waals surface area contributed by atoms with E-state index in [2.05, 4.69) is 58.3 Å². The van der Waals surface area contributed by atoms with Crippen LogP contribution in [0.1, 0.15) is 94.4 Å². The average Bonchev–Trinajstić information content (AvgIpc) is 3.78. The molecule has 1 atom stereocenters. The lowest BCUT2D eigenvalue weighted by molar-refractivity contribution is -0.136. The van der Waals surface area contributed by atoms with E-state index in [4.69, 9.17) is 6.57 Å². The molecule has 5 fully saturated rings. The maximum Gasteiger partial charge on any atom is 0.272 e. The van der Waals surface area contributed by atoms with Gasteiger partial charge in [0.05, 0.1) is 16.8 Å². The maximum absolute atomic E-state index is 13.7. The number of pyridine rings is 1. The van der Waals surface area contributed by atoms with Gasteiger partial charge in [-0.1, -0.05) is 6.57 Å². The zero-order valence-electron chi connectivity index (χ0n) is 33.6. The zero-order valence-corrected chi connectivity index (χ0v) is 33.6. The SMILES string of the molecule is [C-]#[N+]c1ncc(N2CCC3(CCN(C(=O)c4ccc(N5CCN(C6CCC(Nc7ccc8c(c7)C(=O)N(C7CCC(=O)NC7=O)C8=O)CC6)CC5)cc4)C3)CC2)cc1C. The van der Waals surface area contributed by atoms with Gasteiger partial charge in [0.1, 0.15) is 12.2 Å². The highest BCUT2D eigenvalue weighted by Gasteiger charge is 2.45. The number of piperazine rings is 1. The molecule has 6 aliphatic rings. The first kappa shape index (κ1) is 38.7. The first-order valence-electron chi connectivity index (χ1n) is 21.2. The van der Waals surface area contributed by atoms with Gasteiger partial charge in [-0.3, -0.25) is 39.1 Å². The van der Waals surface area contributed by atoms with Crippen molar-refractivity contribution < 1.29 is 24.0 Å². The van der Waals surface area contributed by atoms with E-state index in [1.54, 1.807) is 12.1 Å². The summed E-state index contributed by atoms with van der Waals surface area (Å²) in [5, 5.41) is 5.84. The molecule has 6 heterocycles. The molecule has 5 aliphatic heterocycles. The van der Waals surface area contributed by atoms with E-state index >= 15 is 0 Å². The van der Waals surface area contributed by atoms with Crippen LogP contribution in [0.5, 0.6) is 0 Å². The fourth-order valence-corrected chi connectivity index (χ4v) is 10.3. The summed E-state index contributed by atoms with van der Waals surface area (Å²) in [7, 11) is 0. The van der Waals surface area contributed by atoms with Crippen LogP contribution in [0, 0.1) is 18.9 Å². The number of anilines is 3. The van der Waals surface area contributed by atoms with Gasteiger partial charge in [0.25, 0.3) is 23.5 Å². The standard InChI is InChI=1S/C45H51N9O5/c1-29-25-35(27-47-40(29)46-2)50-18-15-45(16-19-50)17-20-53(28-45)42(57)30-3-8-33(9-4-30)51-21-23-52(24-22-51)34-10-5-31(6-11-34)48-32-7-12-36-37(26-32)44(59)54(43(36)58)38-13-14-39(55)49-41(38)56/h3-4,7-9,12,25-27,31,34,38,48H,5-6,10-11,13-24,28H2,1H3,(H,49,55,56). The Bertz CT molecular complexity index is 2210. The number of hydrogen-bond donors (Lipinski definition) is 2. The molecule has 1 unspecified atom stereocenters. The summed E-state index contributed by atoms with van der Waals surface area (Å²) in [4.78, 5) is 82.4. The molecule has 2 N–H and O–H groups in total.